The SMILES string of the molecule is CC(C)/C=N/NC(=O)C(C)(C)C. The average molecular weight is 170 g/mol. The first kappa shape index (κ1) is 11.1. The largest absolute Gasteiger partial charge is 0.273 e. The van der Waals surface area contributed by atoms with E-state index in [-0.39, 0.29) is 11.3 Å². The van der Waals surface area contributed by atoms with Gasteiger partial charge in [-0.2, -0.15) is 5.10 Å². The minimum Gasteiger partial charge on any atom is -0.273 e. The number of rotatable bonds is 2. The van der Waals surface area contributed by atoms with Gasteiger partial charge in [-0.1, -0.05) is 34.6 Å². The molecular weight excluding hydrogens is 152 g/mol. The molecule has 1 N–H and O–H groups in total. The van der Waals surface area contributed by atoms with Crippen molar-refractivity contribution in [2.45, 2.75) is 34.6 Å². The second-order valence-electron chi connectivity index (χ2n) is 4.21. The van der Waals surface area contributed by atoms with Crippen LogP contribution in [-0.4, -0.2) is 12.1 Å². The molecule has 3 nitrogen and oxygen atoms in total. The monoisotopic (exact) mass is 170 g/mol. The fourth-order valence-corrected chi connectivity index (χ4v) is 0.413. The summed E-state index contributed by atoms with van der Waals surface area (Å²) in [5, 5.41) is 3.81. The summed E-state index contributed by atoms with van der Waals surface area (Å²) in [4.78, 5) is 11.2. The van der Waals surface area contributed by atoms with Gasteiger partial charge in [-0.25, -0.2) is 5.43 Å². The Morgan fingerprint density at radius 3 is 2.25 bits per heavy atom. The van der Waals surface area contributed by atoms with Crippen molar-refractivity contribution < 1.29 is 4.79 Å². The van der Waals surface area contributed by atoms with Crippen molar-refractivity contribution in [3.63, 3.8) is 0 Å². The number of hydrogen-bond donors (Lipinski definition) is 1. The highest BCUT2D eigenvalue weighted by atomic mass is 16.2. The van der Waals surface area contributed by atoms with Crippen LogP contribution in [0.3, 0.4) is 0 Å². The molecule has 0 spiro atoms. The molecular formula is C9H18N2O. The van der Waals surface area contributed by atoms with Gasteiger partial charge in [0.25, 0.3) is 0 Å². The predicted octanol–water partition coefficient (Wildman–Crippen LogP) is 1.79. The van der Waals surface area contributed by atoms with Crippen LogP contribution >= 0.6 is 0 Å². The molecule has 3 heteroatoms. The van der Waals surface area contributed by atoms with Crippen LogP contribution in [0.5, 0.6) is 0 Å². The van der Waals surface area contributed by atoms with Gasteiger partial charge < -0.3 is 0 Å². The van der Waals surface area contributed by atoms with E-state index >= 15 is 0 Å². The maximum atomic E-state index is 11.2. The minimum atomic E-state index is -0.367. The van der Waals surface area contributed by atoms with Gasteiger partial charge in [0.2, 0.25) is 5.91 Å². The molecule has 0 aliphatic carbocycles. The van der Waals surface area contributed by atoms with Crippen LogP contribution in [0.4, 0.5) is 0 Å². The molecule has 0 rings (SSSR count). The van der Waals surface area contributed by atoms with Gasteiger partial charge in [-0.3, -0.25) is 4.79 Å². The molecule has 0 radical (unpaired) electrons. The average Bonchev–Trinajstić information content (AvgIpc) is 1.84. The summed E-state index contributed by atoms with van der Waals surface area (Å²) < 4.78 is 0. The summed E-state index contributed by atoms with van der Waals surface area (Å²) in [6.07, 6.45) is 1.71. The van der Waals surface area contributed by atoms with Crippen LogP contribution in [0.25, 0.3) is 0 Å². The number of nitrogens with zero attached hydrogens (tertiary/aromatic N) is 1. The Hall–Kier alpha value is -0.860. The quantitative estimate of drug-likeness (QED) is 0.498. The lowest BCUT2D eigenvalue weighted by Gasteiger charge is -2.14. The number of carbonyl (C=O) groups is 1. The number of carbonyl (C=O) groups excluding carboxylic acids is 1. The van der Waals surface area contributed by atoms with Crippen LogP contribution in [-0.2, 0) is 4.79 Å². The Morgan fingerprint density at radius 2 is 1.92 bits per heavy atom. The minimum absolute atomic E-state index is 0.0561. The maximum Gasteiger partial charge on any atom is 0.245 e. The third-order valence-electron chi connectivity index (χ3n) is 1.22. The summed E-state index contributed by atoms with van der Waals surface area (Å²) in [7, 11) is 0. The molecule has 0 fully saturated rings. The third-order valence-corrected chi connectivity index (χ3v) is 1.22. The zero-order valence-corrected chi connectivity index (χ0v) is 8.51. The zero-order chi connectivity index (χ0) is 9.78. The van der Waals surface area contributed by atoms with Gasteiger partial charge in [0, 0.05) is 11.6 Å². The van der Waals surface area contributed by atoms with Gasteiger partial charge in [0.15, 0.2) is 0 Å². The Balaban J connectivity index is 3.88. The van der Waals surface area contributed by atoms with Gasteiger partial charge in [0.05, 0.1) is 0 Å². The number of hydrazone groups is 1. The van der Waals surface area contributed by atoms with E-state index in [4.69, 9.17) is 0 Å². The van der Waals surface area contributed by atoms with Crippen molar-refractivity contribution in [3.8, 4) is 0 Å². The van der Waals surface area contributed by atoms with Crippen molar-refractivity contribution in [1.29, 1.82) is 0 Å². The predicted molar refractivity (Wildman–Crippen MR) is 50.9 cm³/mol. The molecule has 0 heterocycles. The molecule has 0 bridgehead atoms. The zero-order valence-electron chi connectivity index (χ0n) is 8.51. The summed E-state index contributed by atoms with van der Waals surface area (Å²) in [6.45, 7) is 9.58. The third kappa shape index (κ3) is 4.88. The van der Waals surface area contributed by atoms with Crippen LogP contribution in [0.1, 0.15) is 34.6 Å². The van der Waals surface area contributed by atoms with Crippen LogP contribution in [0.2, 0.25) is 0 Å². The number of hydrogen-bond acceptors (Lipinski definition) is 2. The van der Waals surface area contributed by atoms with E-state index in [0.29, 0.717) is 5.92 Å². The first-order valence-corrected chi connectivity index (χ1v) is 4.17. The lowest BCUT2D eigenvalue weighted by molar-refractivity contribution is -0.128. The molecule has 0 aliphatic heterocycles. The van der Waals surface area contributed by atoms with E-state index in [9.17, 15) is 4.79 Å². The smallest absolute Gasteiger partial charge is 0.245 e. The van der Waals surface area contributed by atoms with Crippen LogP contribution in [0, 0.1) is 11.3 Å². The Kier molecular flexibility index (Phi) is 3.93. The van der Waals surface area contributed by atoms with Crippen molar-refractivity contribution in [2.75, 3.05) is 0 Å². The molecule has 0 aromatic rings. The normalized spacial score (nSPS) is 12.5. The highest BCUT2D eigenvalue weighted by Gasteiger charge is 2.20. The summed E-state index contributed by atoms with van der Waals surface area (Å²) in [5.41, 5.74) is 2.12. The van der Waals surface area contributed by atoms with Crippen molar-refractivity contribution in [3.05, 3.63) is 0 Å². The Bertz CT molecular complexity index is 177. The molecule has 12 heavy (non-hydrogen) atoms. The van der Waals surface area contributed by atoms with Gasteiger partial charge in [0.1, 0.15) is 0 Å². The van der Waals surface area contributed by atoms with Crippen molar-refractivity contribution in [1.82, 2.24) is 5.43 Å². The fourth-order valence-electron chi connectivity index (χ4n) is 0.413. The van der Waals surface area contributed by atoms with E-state index in [1.165, 1.54) is 0 Å². The van der Waals surface area contributed by atoms with E-state index in [0.717, 1.165) is 0 Å². The number of nitrogens with one attached hydrogen (secondary N) is 1. The Morgan fingerprint density at radius 1 is 1.42 bits per heavy atom. The fraction of sp³-hybridized carbons (Fsp3) is 0.778. The molecule has 0 unspecified atom stereocenters. The summed E-state index contributed by atoms with van der Waals surface area (Å²) in [6, 6.07) is 0. The highest BCUT2D eigenvalue weighted by Crippen LogP contribution is 2.11. The van der Waals surface area contributed by atoms with Crippen molar-refractivity contribution >= 4 is 12.1 Å². The van der Waals surface area contributed by atoms with E-state index in [1.54, 1.807) is 6.21 Å². The molecule has 70 valence electrons. The molecule has 0 aromatic heterocycles. The lowest BCUT2D eigenvalue weighted by atomic mass is 9.96. The molecule has 0 aliphatic rings. The topological polar surface area (TPSA) is 41.5 Å². The van der Waals surface area contributed by atoms with Crippen LogP contribution in [0.15, 0.2) is 5.10 Å². The maximum absolute atomic E-state index is 11.2. The van der Waals surface area contributed by atoms with E-state index < -0.39 is 0 Å². The highest BCUT2D eigenvalue weighted by molar-refractivity contribution is 5.81. The van der Waals surface area contributed by atoms with E-state index in [2.05, 4.69) is 10.5 Å². The molecule has 0 saturated heterocycles. The van der Waals surface area contributed by atoms with Gasteiger partial charge in [-0.15, -0.1) is 0 Å². The summed E-state index contributed by atoms with van der Waals surface area (Å²) in [5.74, 6) is 0.310. The second-order valence-corrected chi connectivity index (χ2v) is 4.21. The summed E-state index contributed by atoms with van der Waals surface area (Å²) >= 11 is 0. The van der Waals surface area contributed by atoms with Crippen molar-refractivity contribution in [2.24, 2.45) is 16.4 Å². The number of amides is 1. The Labute approximate surface area is 74.2 Å². The molecule has 1 amide bonds. The van der Waals surface area contributed by atoms with E-state index in [1.807, 2.05) is 34.6 Å². The van der Waals surface area contributed by atoms with Gasteiger partial charge in [-0.05, 0) is 5.92 Å². The first-order chi connectivity index (χ1) is 5.34. The standard InChI is InChI=1S/C9H18N2O/c1-7(2)6-10-11-8(12)9(3,4)5/h6-7H,1-5H3,(H,11,12)/b10-6+. The first-order valence-electron chi connectivity index (χ1n) is 4.17. The second kappa shape index (κ2) is 4.24. The van der Waals surface area contributed by atoms with Crippen LogP contribution < -0.4 is 5.43 Å². The molecule has 0 saturated carbocycles. The molecule has 0 aromatic carbocycles. The lowest BCUT2D eigenvalue weighted by Crippen LogP contribution is -2.31. The molecule has 0 atom stereocenters. The van der Waals surface area contributed by atoms with Gasteiger partial charge >= 0.3 is 0 Å².